The zero-order valence-corrected chi connectivity index (χ0v) is 11.3. The largest absolute Gasteiger partial charge is 0.307 e. The van der Waals surface area contributed by atoms with Gasteiger partial charge in [0.1, 0.15) is 11.6 Å². The molecule has 2 atom stereocenters. The minimum absolute atomic E-state index is 0.0485. The Morgan fingerprint density at radius 2 is 1.76 bits per heavy atom. The van der Waals surface area contributed by atoms with Gasteiger partial charge in [0.05, 0.1) is 0 Å². The smallest absolute Gasteiger partial charge is 0.126 e. The minimum atomic E-state index is -0.524. The molecule has 0 saturated carbocycles. The number of hydrogen-bond donors (Lipinski definition) is 1. The van der Waals surface area contributed by atoms with Gasteiger partial charge in [-0.1, -0.05) is 6.92 Å². The van der Waals surface area contributed by atoms with Crippen molar-refractivity contribution in [1.29, 1.82) is 0 Å². The summed E-state index contributed by atoms with van der Waals surface area (Å²) in [6, 6.07) is 3.92. The van der Waals surface area contributed by atoms with Crippen LogP contribution in [0.15, 0.2) is 18.2 Å². The van der Waals surface area contributed by atoms with Crippen LogP contribution in [0.5, 0.6) is 0 Å². The lowest BCUT2D eigenvalue weighted by Gasteiger charge is -2.20. The fraction of sp³-hybridized carbons (Fsp3) is 0.538. The molecule has 0 fully saturated rings. The van der Waals surface area contributed by atoms with Crippen molar-refractivity contribution in [3.8, 4) is 0 Å². The van der Waals surface area contributed by atoms with E-state index in [0.717, 1.165) is 17.6 Å². The molecular weight excluding hydrogens is 240 g/mol. The quantitative estimate of drug-likeness (QED) is 0.835. The molecule has 1 aromatic carbocycles. The van der Waals surface area contributed by atoms with Gasteiger partial charge in [0.25, 0.3) is 0 Å². The molecule has 0 spiro atoms. The molecule has 0 aliphatic heterocycles. The molecule has 0 saturated heterocycles. The molecule has 0 aliphatic rings. The highest BCUT2D eigenvalue weighted by molar-refractivity contribution is 7.99. The van der Waals surface area contributed by atoms with Gasteiger partial charge in [-0.05, 0) is 37.3 Å². The maximum absolute atomic E-state index is 13.1. The maximum Gasteiger partial charge on any atom is 0.126 e. The van der Waals surface area contributed by atoms with Crippen molar-refractivity contribution in [2.45, 2.75) is 32.9 Å². The lowest BCUT2D eigenvalue weighted by atomic mass is 10.1. The highest BCUT2D eigenvalue weighted by Crippen LogP contribution is 2.17. The van der Waals surface area contributed by atoms with Gasteiger partial charge < -0.3 is 5.32 Å². The molecule has 0 heterocycles. The van der Waals surface area contributed by atoms with Gasteiger partial charge in [0.15, 0.2) is 0 Å². The molecule has 0 radical (unpaired) electrons. The third kappa shape index (κ3) is 5.04. The predicted molar refractivity (Wildman–Crippen MR) is 70.4 cm³/mol. The summed E-state index contributed by atoms with van der Waals surface area (Å²) in [4.78, 5) is 0. The summed E-state index contributed by atoms with van der Waals surface area (Å²) in [7, 11) is 0. The van der Waals surface area contributed by atoms with E-state index in [1.807, 2.05) is 18.7 Å². The highest BCUT2D eigenvalue weighted by atomic mass is 32.2. The average molecular weight is 259 g/mol. The first-order valence-electron chi connectivity index (χ1n) is 5.82. The van der Waals surface area contributed by atoms with Crippen LogP contribution in [0.4, 0.5) is 8.78 Å². The Morgan fingerprint density at radius 1 is 1.18 bits per heavy atom. The number of nitrogens with one attached hydrogen (secondary N) is 1. The van der Waals surface area contributed by atoms with Crippen LogP contribution in [0.25, 0.3) is 0 Å². The first-order chi connectivity index (χ1) is 8.02. The molecule has 4 heteroatoms. The van der Waals surface area contributed by atoms with E-state index in [9.17, 15) is 8.78 Å². The van der Waals surface area contributed by atoms with E-state index in [0.29, 0.717) is 11.6 Å². The molecule has 0 aromatic heterocycles. The number of thioether (sulfide) groups is 1. The molecule has 0 aliphatic carbocycles. The van der Waals surface area contributed by atoms with E-state index in [1.165, 1.54) is 12.1 Å². The van der Waals surface area contributed by atoms with Gasteiger partial charge in [0.2, 0.25) is 0 Å². The third-order valence-electron chi connectivity index (χ3n) is 2.49. The fourth-order valence-corrected chi connectivity index (χ4v) is 2.38. The van der Waals surface area contributed by atoms with Crippen molar-refractivity contribution in [2.24, 2.45) is 0 Å². The van der Waals surface area contributed by atoms with Crippen molar-refractivity contribution >= 4 is 11.8 Å². The lowest BCUT2D eigenvalue weighted by Crippen LogP contribution is -2.31. The highest BCUT2D eigenvalue weighted by Gasteiger charge is 2.11. The first-order valence-corrected chi connectivity index (χ1v) is 6.98. The van der Waals surface area contributed by atoms with Crippen LogP contribution in [0.2, 0.25) is 0 Å². The van der Waals surface area contributed by atoms with Crippen molar-refractivity contribution in [3.05, 3.63) is 35.4 Å². The fourth-order valence-electron chi connectivity index (χ4n) is 1.69. The second kappa shape index (κ2) is 6.97. The minimum Gasteiger partial charge on any atom is -0.307 e. The van der Waals surface area contributed by atoms with Gasteiger partial charge in [-0.15, -0.1) is 0 Å². The normalized spacial score (nSPS) is 14.6. The third-order valence-corrected chi connectivity index (χ3v) is 3.64. The number of hydrogen-bond acceptors (Lipinski definition) is 2. The second-order valence-electron chi connectivity index (χ2n) is 4.15. The van der Waals surface area contributed by atoms with Gasteiger partial charge in [-0.3, -0.25) is 0 Å². The van der Waals surface area contributed by atoms with E-state index >= 15 is 0 Å². The van der Waals surface area contributed by atoms with Crippen LogP contribution in [-0.4, -0.2) is 17.5 Å². The molecule has 17 heavy (non-hydrogen) atoms. The summed E-state index contributed by atoms with van der Waals surface area (Å²) in [5, 5.41) is 3.33. The molecule has 1 nitrogen and oxygen atoms in total. The van der Waals surface area contributed by atoms with Gasteiger partial charge in [-0.25, -0.2) is 8.78 Å². The zero-order chi connectivity index (χ0) is 12.8. The van der Waals surface area contributed by atoms with Gasteiger partial charge in [0, 0.05) is 23.9 Å². The lowest BCUT2D eigenvalue weighted by molar-refractivity contribution is 0.501. The summed E-state index contributed by atoms with van der Waals surface area (Å²) < 4.78 is 26.1. The van der Waals surface area contributed by atoms with Gasteiger partial charge >= 0.3 is 0 Å². The van der Waals surface area contributed by atoms with E-state index in [2.05, 4.69) is 19.2 Å². The molecule has 1 aromatic rings. The summed E-state index contributed by atoms with van der Waals surface area (Å²) in [6.45, 7) is 6.11. The monoisotopic (exact) mass is 259 g/mol. The maximum atomic E-state index is 13.1. The van der Waals surface area contributed by atoms with E-state index < -0.39 is 11.6 Å². The first kappa shape index (κ1) is 14.5. The van der Waals surface area contributed by atoms with E-state index in [4.69, 9.17) is 0 Å². The standard InChI is InChI=1S/C13H19F2NS/c1-4-17-8-9(2)16-10(3)11-5-12(14)7-13(15)6-11/h5-7,9-10,16H,4,8H2,1-3H3. The van der Waals surface area contributed by atoms with Crippen LogP contribution >= 0.6 is 11.8 Å². The van der Waals surface area contributed by atoms with E-state index in [-0.39, 0.29) is 6.04 Å². The second-order valence-corrected chi connectivity index (χ2v) is 5.47. The average Bonchev–Trinajstić information content (AvgIpc) is 2.25. The Kier molecular flexibility index (Phi) is 5.92. The Labute approximate surface area is 106 Å². The van der Waals surface area contributed by atoms with Gasteiger partial charge in [-0.2, -0.15) is 11.8 Å². The number of rotatable bonds is 6. The van der Waals surface area contributed by atoms with Crippen LogP contribution in [0, 0.1) is 11.6 Å². The Balaban J connectivity index is 2.59. The Hall–Kier alpha value is -0.610. The Bertz CT molecular complexity index is 337. The molecular formula is C13H19F2NS. The van der Waals surface area contributed by atoms with Crippen molar-refractivity contribution in [1.82, 2.24) is 5.32 Å². The number of benzene rings is 1. The number of halogens is 2. The summed E-state index contributed by atoms with van der Waals surface area (Å²) in [5.74, 6) is 1.03. The van der Waals surface area contributed by atoms with Crippen molar-refractivity contribution in [2.75, 3.05) is 11.5 Å². The molecule has 0 amide bonds. The molecule has 96 valence electrons. The SMILES string of the molecule is CCSCC(C)NC(C)c1cc(F)cc(F)c1. The van der Waals surface area contributed by atoms with Crippen LogP contribution < -0.4 is 5.32 Å². The summed E-state index contributed by atoms with van der Waals surface area (Å²) in [5.41, 5.74) is 0.649. The summed E-state index contributed by atoms with van der Waals surface area (Å²) >= 11 is 1.85. The van der Waals surface area contributed by atoms with E-state index in [1.54, 1.807) is 0 Å². The zero-order valence-electron chi connectivity index (χ0n) is 10.5. The summed E-state index contributed by atoms with van der Waals surface area (Å²) in [6.07, 6.45) is 0. The Morgan fingerprint density at radius 3 is 2.29 bits per heavy atom. The molecule has 1 N–H and O–H groups in total. The van der Waals surface area contributed by atoms with Crippen molar-refractivity contribution in [3.63, 3.8) is 0 Å². The van der Waals surface area contributed by atoms with Crippen LogP contribution in [-0.2, 0) is 0 Å². The van der Waals surface area contributed by atoms with Crippen LogP contribution in [0.1, 0.15) is 32.4 Å². The molecule has 1 rings (SSSR count). The molecule has 2 unspecified atom stereocenters. The van der Waals surface area contributed by atoms with Crippen molar-refractivity contribution < 1.29 is 8.78 Å². The topological polar surface area (TPSA) is 12.0 Å². The molecule has 0 bridgehead atoms. The van der Waals surface area contributed by atoms with Crippen LogP contribution in [0.3, 0.4) is 0 Å². The predicted octanol–water partition coefficient (Wildman–Crippen LogP) is 3.76.